The Morgan fingerprint density at radius 2 is 2.06 bits per heavy atom. The first kappa shape index (κ1) is 21.4. The van der Waals surface area contributed by atoms with Crippen LogP contribution in [-0.4, -0.2) is 51.2 Å². The van der Waals surface area contributed by atoms with E-state index in [9.17, 15) is 13.2 Å². The molecule has 0 radical (unpaired) electrons. The van der Waals surface area contributed by atoms with Crippen LogP contribution in [0.1, 0.15) is 28.6 Å². The number of H-pyrrole nitrogens is 1. The molecule has 1 saturated heterocycles. The number of alkyl halides is 3. The van der Waals surface area contributed by atoms with Gasteiger partial charge in [-0.25, -0.2) is 0 Å². The second-order valence-electron chi connectivity index (χ2n) is 7.56. The van der Waals surface area contributed by atoms with Crippen LogP contribution in [0.4, 0.5) is 13.2 Å². The molecule has 1 N–H and O–H groups in total. The van der Waals surface area contributed by atoms with Crippen LogP contribution in [0.25, 0.3) is 0 Å². The van der Waals surface area contributed by atoms with Crippen molar-refractivity contribution in [1.29, 1.82) is 0 Å². The summed E-state index contributed by atoms with van der Waals surface area (Å²) in [6.07, 6.45) is -0.0346. The zero-order valence-electron chi connectivity index (χ0n) is 17.1. The molecule has 0 bridgehead atoms. The van der Waals surface area contributed by atoms with Crippen molar-refractivity contribution in [3.8, 4) is 5.75 Å². The third-order valence-electron chi connectivity index (χ3n) is 5.12. The maximum absolute atomic E-state index is 12.6. The van der Waals surface area contributed by atoms with Gasteiger partial charge in [-0.2, -0.15) is 23.4 Å². The van der Waals surface area contributed by atoms with Gasteiger partial charge in [-0.05, 0) is 30.3 Å². The van der Waals surface area contributed by atoms with E-state index in [1.807, 2.05) is 25.5 Å². The van der Waals surface area contributed by atoms with Gasteiger partial charge in [-0.15, -0.1) is 0 Å². The molecule has 7 nitrogen and oxygen atoms in total. The molecule has 2 aromatic heterocycles. The van der Waals surface area contributed by atoms with Gasteiger partial charge in [-0.1, -0.05) is 0 Å². The molecule has 4 rings (SSSR count). The van der Waals surface area contributed by atoms with Gasteiger partial charge >= 0.3 is 6.18 Å². The zero-order chi connectivity index (χ0) is 21.8. The molecular weight excluding hydrogens is 411 g/mol. The van der Waals surface area contributed by atoms with E-state index >= 15 is 0 Å². The number of ether oxygens (including phenoxy) is 2. The molecular formula is C21H24F3N5O2. The third kappa shape index (κ3) is 5.65. The molecule has 166 valence electrons. The molecule has 0 saturated carbocycles. The van der Waals surface area contributed by atoms with Crippen molar-refractivity contribution >= 4 is 0 Å². The quantitative estimate of drug-likeness (QED) is 0.617. The summed E-state index contributed by atoms with van der Waals surface area (Å²) >= 11 is 0. The van der Waals surface area contributed by atoms with E-state index in [1.165, 1.54) is 12.1 Å². The van der Waals surface area contributed by atoms with E-state index < -0.39 is 11.7 Å². The lowest BCUT2D eigenvalue weighted by Crippen LogP contribution is -2.37. The number of halogens is 3. The van der Waals surface area contributed by atoms with Gasteiger partial charge in [0.15, 0.2) is 0 Å². The third-order valence-corrected chi connectivity index (χ3v) is 5.12. The van der Waals surface area contributed by atoms with E-state index in [1.54, 1.807) is 4.68 Å². The van der Waals surface area contributed by atoms with Gasteiger partial charge in [0.1, 0.15) is 11.9 Å². The van der Waals surface area contributed by atoms with Gasteiger partial charge in [0.05, 0.1) is 30.7 Å². The number of aromatic amines is 1. The summed E-state index contributed by atoms with van der Waals surface area (Å²) in [5.74, 6) is 0.398. The highest BCUT2D eigenvalue weighted by molar-refractivity contribution is 5.28. The van der Waals surface area contributed by atoms with Crippen LogP contribution in [0.3, 0.4) is 0 Å². The van der Waals surface area contributed by atoms with E-state index in [2.05, 4.69) is 20.2 Å². The Bertz CT molecular complexity index is 984. The van der Waals surface area contributed by atoms with Gasteiger partial charge in [0.2, 0.25) is 0 Å². The Balaban J connectivity index is 1.27. The van der Waals surface area contributed by atoms with Gasteiger partial charge < -0.3 is 9.47 Å². The van der Waals surface area contributed by atoms with Crippen molar-refractivity contribution < 1.29 is 22.6 Å². The Morgan fingerprint density at radius 3 is 2.77 bits per heavy atom. The van der Waals surface area contributed by atoms with Crippen molar-refractivity contribution in [3.63, 3.8) is 0 Å². The highest BCUT2D eigenvalue weighted by atomic mass is 19.4. The van der Waals surface area contributed by atoms with Crippen LogP contribution in [0.5, 0.6) is 5.75 Å². The number of morpholine rings is 1. The van der Waals surface area contributed by atoms with Crippen LogP contribution in [0.15, 0.2) is 42.7 Å². The lowest BCUT2D eigenvalue weighted by Gasteiger charge is -2.31. The maximum Gasteiger partial charge on any atom is 0.416 e. The Morgan fingerprint density at radius 1 is 1.26 bits per heavy atom. The normalized spacial score (nSPS) is 17.7. The van der Waals surface area contributed by atoms with Crippen LogP contribution < -0.4 is 4.74 Å². The van der Waals surface area contributed by atoms with Crippen LogP contribution in [0.2, 0.25) is 0 Å². The highest BCUT2D eigenvalue weighted by Gasteiger charge is 2.30. The molecule has 3 heterocycles. The Labute approximate surface area is 177 Å². The standard InChI is InChI=1S/C21H24F3N5O2/c1-28-12-15(11-25-28)13-29-7-9-31-20(14-29)19-10-17(26-27-19)6-8-30-18-4-2-16(3-5-18)21(22,23)24/h2-5,10-12,20H,6-9,13-14H2,1H3,(H,26,27)/t20-/m0/s1. The minimum absolute atomic E-state index is 0.119. The predicted octanol–water partition coefficient (Wildman–Crippen LogP) is 3.36. The molecule has 1 aliphatic heterocycles. The van der Waals surface area contributed by atoms with Crippen molar-refractivity contribution in [2.45, 2.75) is 25.2 Å². The number of nitrogens with zero attached hydrogens (tertiary/aromatic N) is 4. The van der Waals surface area contributed by atoms with Crippen molar-refractivity contribution in [3.05, 3.63) is 65.2 Å². The average molecular weight is 435 g/mol. The van der Waals surface area contributed by atoms with Gasteiger partial charge in [0, 0.05) is 50.6 Å². The van der Waals surface area contributed by atoms with Crippen molar-refractivity contribution in [2.75, 3.05) is 26.3 Å². The average Bonchev–Trinajstić information content (AvgIpc) is 3.37. The second kappa shape index (κ2) is 9.11. The summed E-state index contributed by atoms with van der Waals surface area (Å²) < 4.78 is 51.1. The molecule has 0 spiro atoms. The summed E-state index contributed by atoms with van der Waals surface area (Å²) in [4.78, 5) is 2.31. The van der Waals surface area contributed by atoms with E-state index in [4.69, 9.17) is 9.47 Å². The predicted molar refractivity (Wildman–Crippen MR) is 106 cm³/mol. The first-order chi connectivity index (χ1) is 14.9. The summed E-state index contributed by atoms with van der Waals surface area (Å²) in [5, 5.41) is 11.6. The number of nitrogens with one attached hydrogen (secondary N) is 1. The monoisotopic (exact) mass is 435 g/mol. The summed E-state index contributed by atoms with van der Waals surface area (Å²) in [6.45, 7) is 3.35. The molecule has 1 aromatic carbocycles. The lowest BCUT2D eigenvalue weighted by molar-refractivity contribution is -0.137. The Hall–Kier alpha value is -2.85. The topological polar surface area (TPSA) is 68.2 Å². The van der Waals surface area contributed by atoms with Crippen LogP contribution in [0, 0.1) is 0 Å². The van der Waals surface area contributed by atoms with Crippen molar-refractivity contribution in [1.82, 2.24) is 24.9 Å². The number of aryl methyl sites for hydroxylation is 1. The summed E-state index contributed by atoms with van der Waals surface area (Å²) in [6, 6.07) is 6.64. The molecule has 1 aliphatic rings. The summed E-state index contributed by atoms with van der Waals surface area (Å²) in [7, 11) is 1.90. The first-order valence-electron chi connectivity index (χ1n) is 10.0. The molecule has 3 aromatic rings. The molecule has 0 aliphatic carbocycles. The Kier molecular flexibility index (Phi) is 6.28. The largest absolute Gasteiger partial charge is 0.493 e. The smallest absolute Gasteiger partial charge is 0.416 e. The minimum atomic E-state index is -4.35. The number of hydrogen-bond donors (Lipinski definition) is 1. The van der Waals surface area contributed by atoms with E-state index in [-0.39, 0.29) is 6.10 Å². The maximum atomic E-state index is 12.6. The lowest BCUT2D eigenvalue weighted by atomic mass is 10.1. The minimum Gasteiger partial charge on any atom is -0.493 e. The SMILES string of the molecule is Cn1cc(CN2CCO[C@H](c3cc(CCOc4ccc(C(F)(F)F)cc4)[nH]n3)C2)cn1. The molecule has 1 atom stereocenters. The number of aromatic nitrogens is 4. The fraction of sp³-hybridized carbons (Fsp3) is 0.429. The van der Waals surface area contributed by atoms with E-state index in [0.717, 1.165) is 48.7 Å². The van der Waals surface area contributed by atoms with Crippen LogP contribution >= 0.6 is 0 Å². The molecule has 0 amide bonds. The number of benzene rings is 1. The fourth-order valence-electron chi connectivity index (χ4n) is 3.53. The van der Waals surface area contributed by atoms with Gasteiger partial charge in [0.25, 0.3) is 0 Å². The molecule has 1 fully saturated rings. The molecule has 31 heavy (non-hydrogen) atoms. The van der Waals surface area contributed by atoms with E-state index in [0.29, 0.717) is 25.4 Å². The molecule has 0 unspecified atom stereocenters. The number of hydrogen-bond acceptors (Lipinski definition) is 5. The first-order valence-corrected chi connectivity index (χ1v) is 10.0. The van der Waals surface area contributed by atoms with Crippen molar-refractivity contribution in [2.24, 2.45) is 7.05 Å². The molecule has 10 heteroatoms. The van der Waals surface area contributed by atoms with Gasteiger partial charge in [-0.3, -0.25) is 14.7 Å². The highest BCUT2D eigenvalue weighted by Crippen LogP contribution is 2.30. The summed E-state index contributed by atoms with van der Waals surface area (Å²) in [5.41, 5.74) is 2.18. The fourth-order valence-corrected chi connectivity index (χ4v) is 3.53. The zero-order valence-corrected chi connectivity index (χ0v) is 17.1. The second-order valence-corrected chi connectivity index (χ2v) is 7.56. The number of rotatable bonds is 7. The van der Waals surface area contributed by atoms with Crippen LogP contribution in [-0.2, 0) is 30.9 Å².